The number of hydrogen-bond acceptors (Lipinski definition) is 3. The van der Waals surface area contributed by atoms with E-state index >= 15 is 0 Å². The van der Waals surface area contributed by atoms with Gasteiger partial charge in [-0.05, 0) is 24.3 Å². The van der Waals surface area contributed by atoms with Crippen molar-refractivity contribution in [3.63, 3.8) is 0 Å². The first-order valence-corrected chi connectivity index (χ1v) is 8.36. The molecule has 1 aliphatic carbocycles. The predicted octanol–water partition coefficient (Wildman–Crippen LogP) is 2.92. The Bertz CT molecular complexity index is 551. The molecule has 1 aliphatic rings. The fourth-order valence-corrected chi connectivity index (χ4v) is 3.63. The maximum absolute atomic E-state index is 12.3. The second kappa shape index (κ2) is 7.11. The van der Waals surface area contributed by atoms with Gasteiger partial charge in [-0.1, -0.05) is 32.1 Å². The van der Waals surface area contributed by atoms with Crippen LogP contribution in [0, 0.1) is 23.2 Å². The SMILES string of the molecule is CC1(C)CCCC1C(=O)NCc1cc(C#CCCO)cs1. The molecule has 0 saturated heterocycles. The number of thiophene rings is 1. The summed E-state index contributed by atoms with van der Waals surface area (Å²) < 4.78 is 0. The zero-order valence-electron chi connectivity index (χ0n) is 12.7. The Kier molecular flexibility index (Phi) is 5.44. The van der Waals surface area contributed by atoms with Crippen LogP contribution in [0.2, 0.25) is 0 Å². The lowest BCUT2D eigenvalue weighted by Gasteiger charge is -2.25. The topological polar surface area (TPSA) is 49.3 Å². The normalized spacial score (nSPS) is 19.9. The van der Waals surface area contributed by atoms with Gasteiger partial charge in [-0.3, -0.25) is 4.79 Å². The highest BCUT2D eigenvalue weighted by molar-refractivity contribution is 7.10. The second-order valence-electron chi connectivity index (χ2n) is 6.23. The molecule has 1 aromatic heterocycles. The van der Waals surface area contributed by atoms with Gasteiger partial charge in [0, 0.05) is 28.2 Å². The summed E-state index contributed by atoms with van der Waals surface area (Å²) in [7, 11) is 0. The van der Waals surface area contributed by atoms with Crippen molar-refractivity contribution in [1.82, 2.24) is 5.32 Å². The minimum absolute atomic E-state index is 0.0945. The van der Waals surface area contributed by atoms with E-state index in [-0.39, 0.29) is 23.8 Å². The zero-order chi connectivity index (χ0) is 15.3. The average molecular weight is 305 g/mol. The third-order valence-electron chi connectivity index (χ3n) is 4.13. The van der Waals surface area contributed by atoms with E-state index in [0.29, 0.717) is 13.0 Å². The number of carbonyl (C=O) groups excluding carboxylic acids is 1. The molecule has 0 aliphatic heterocycles. The molecule has 1 unspecified atom stereocenters. The number of nitrogens with one attached hydrogen (secondary N) is 1. The van der Waals surface area contributed by atoms with Gasteiger partial charge in [0.15, 0.2) is 0 Å². The first kappa shape index (κ1) is 16.1. The van der Waals surface area contributed by atoms with E-state index in [0.717, 1.165) is 29.7 Å². The minimum atomic E-state index is 0.0945. The van der Waals surface area contributed by atoms with E-state index in [2.05, 4.69) is 31.0 Å². The van der Waals surface area contributed by atoms with Crippen LogP contribution >= 0.6 is 11.3 Å². The third kappa shape index (κ3) is 4.33. The fraction of sp³-hybridized carbons (Fsp3) is 0.588. The average Bonchev–Trinajstić information content (AvgIpc) is 3.02. The van der Waals surface area contributed by atoms with Gasteiger partial charge < -0.3 is 10.4 Å². The fourth-order valence-electron chi connectivity index (χ4n) is 2.87. The van der Waals surface area contributed by atoms with Crippen molar-refractivity contribution in [2.75, 3.05) is 6.61 Å². The van der Waals surface area contributed by atoms with Crippen molar-refractivity contribution < 1.29 is 9.90 Å². The number of aliphatic hydroxyl groups excluding tert-OH is 1. The molecular weight excluding hydrogens is 282 g/mol. The van der Waals surface area contributed by atoms with E-state index in [9.17, 15) is 4.79 Å². The molecule has 1 saturated carbocycles. The Labute approximate surface area is 130 Å². The quantitative estimate of drug-likeness (QED) is 0.840. The van der Waals surface area contributed by atoms with Gasteiger partial charge in [0.05, 0.1) is 13.2 Å². The van der Waals surface area contributed by atoms with Gasteiger partial charge >= 0.3 is 0 Å². The molecule has 2 N–H and O–H groups in total. The van der Waals surface area contributed by atoms with Gasteiger partial charge in [-0.25, -0.2) is 0 Å². The lowest BCUT2D eigenvalue weighted by atomic mass is 9.81. The molecule has 4 heteroatoms. The molecule has 21 heavy (non-hydrogen) atoms. The Morgan fingerprint density at radius 1 is 1.57 bits per heavy atom. The molecule has 0 radical (unpaired) electrons. The van der Waals surface area contributed by atoms with Crippen LogP contribution in [0.15, 0.2) is 11.4 Å². The van der Waals surface area contributed by atoms with Crippen molar-refractivity contribution in [2.45, 2.75) is 46.1 Å². The number of aliphatic hydroxyl groups is 1. The van der Waals surface area contributed by atoms with Crippen LogP contribution < -0.4 is 5.32 Å². The Balaban J connectivity index is 1.86. The molecule has 114 valence electrons. The molecule has 0 aromatic carbocycles. The molecule has 1 heterocycles. The van der Waals surface area contributed by atoms with Gasteiger partial charge in [-0.15, -0.1) is 11.3 Å². The van der Waals surface area contributed by atoms with Crippen molar-refractivity contribution in [3.8, 4) is 11.8 Å². The van der Waals surface area contributed by atoms with E-state index in [1.54, 1.807) is 11.3 Å². The number of rotatable bonds is 4. The first-order valence-electron chi connectivity index (χ1n) is 7.48. The molecule has 1 aromatic rings. The summed E-state index contributed by atoms with van der Waals surface area (Å²) in [6.45, 7) is 5.05. The highest BCUT2D eigenvalue weighted by Gasteiger charge is 2.38. The van der Waals surface area contributed by atoms with Gasteiger partial charge in [0.2, 0.25) is 5.91 Å². The predicted molar refractivity (Wildman–Crippen MR) is 85.9 cm³/mol. The highest BCUT2D eigenvalue weighted by atomic mass is 32.1. The van der Waals surface area contributed by atoms with Crippen molar-refractivity contribution >= 4 is 17.2 Å². The summed E-state index contributed by atoms with van der Waals surface area (Å²) in [6, 6.07) is 2.01. The monoisotopic (exact) mass is 305 g/mol. The smallest absolute Gasteiger partial charge is 0.223 e. The molecule has 1 amide bonds. The van der Waals surface area contributed by atoms with Crippen molar-refractivity contribution in [3.05, 3.63) is 21.9 Å². The minimum Gasteiger partial charge on any atom is -0.395 e. The molecular formula is C17H23NO2S. The maximum Gasteiger partial charge on any atom is 0.223 e. The summed E-state index contributed by atoms with van der Waals surface area (Å²) in [5.74, 6) is 6.23. The molecule has 0 spiro atoms. The summed E-state index contributed by atoms with van der Waals surface area (Å²) >= 11 is 1.61. The molecule has 0 bridgehead atoms. The largest absolute Gasteiger partial charge is 0.395 e. The van der Waals surface area contributed by atoms with Crippen LogP contribution in [-0.2, 0) is 11.3 Å². The van der Waals surface area contributed by atoms with E-state index in [1.165, 1.54) is 0 Å². The Morgan fingerprint density at radius 2 is 2.38 bits per heavy atom. The van der Waals surface area contributed by atoms with E-state index in [4.69, 9.17) is 5.11 Å². The maximum atomic E-state index is 12.3. The second-order valence-corrected chi connectivity index (χ2v) is 7.22. The van der Waals surface area contributed by atoms with Gasteiger partial charge in [0.1, 0.15) is 0 Å². The van der Waals surface area contributed by atoms with Gasteiger partial charge in [-0.2, -0.15) is 0 Å². The van der Waals surface area contributed by atoms with Crippen molar-refractivity contribution in [2.24, 2.45) is 11.3 Å². The zero-order valence-corrected chi connectivity index (χ0v) is 13.6. The van der Waals surface area contributed by atoms with Gasteiger partial charge in [0.25, 0.3) is 0 Å². The first-order chi connectivity index (χ1) is 10.0. The summed E-state index contributed by atoms with van der Waals surface area (Å²) in [5.41, 5.74) is 1.08. The van der Waals surface area contributed by atoms with E-state index in [1.807, 2.05) is 11.4 Å². The van der Waals surface area contributed by atoms with Crippen LogP contribution in [0.4, 0.5) is 0 Å². The number of hydrogen-bond donors (Lipinski definition) is 2. The standard InChI is InChI=1S/C17H23NO2S/c1-17(2)8-5-7-15(17)16(20)18-11-14-10-13(12-21-14)6-3-4-9-19/h10,12,15,19H,4-5,7-9,11H2,1-2H3,(H,18,20). The summed E-state index contributed by atoms with van der Waals surface area (Å²) in [6.07, 6.45) is 3.78. The molecule has 1 atom stereocenters. The lowest BCUT2D eigenvalue weighted by Crippen LogP contribution is -2.35. The Morgan fingerprint density at radius 3 is 3.05 bits per heavy atom. The van der Waals surface area contributed by atoms with Crippen LogP contribution in [0.3, 0.4) is 0 Å². The third-order valence-corrected chi connectivity index (χ3v) is 5.07. The lowest BCUT2D eigenvalue weighted by molar-refractivity contribution is -0.127. The summed E-state index contributed by atoms with van der Waals surface area (Å²) in [4.78, 5) is 13.4. The molecule has 3 nitrogen and oxygen atoms in total. The highest BCUT2D eigenvalue weighted by Crippen LogP contribution is 2.42. The Hall–Kier alpha value is -1.31. The van der Waals surface area contributed by atoms with E-state index < -0.39 is 0 Å². The molecule has 2 rings (SSSR count). The van der Waals surface area contributed by atoms with Crippen LogP contribution in [0.5, 0.6) is 0 Å². The van der Waals surface area contributed by atoms with Crippen LogP contribution in [0.1, 0.15) is 50.0 Å². The summed E-state index contributed by atoms with van der Waals surface area (Å²) in [5, 5.41) is 13.7. The van der Waals surface area contributed by atoms with Crippen LogP contribution in [0.25, 0.3) is 0 Å². The number of amides is 1. The molecule has 1 fully saturated rings. The number of carbonyl (C=O) groups is 1. The van der Waals surface area contributed by atoms with Crippen molar-refractivity contribution in [1.29, 1.82) is 0 Å². The van der Waals surface area contributed by atoms with Crippen LogP contribution in [-0.4, -0.2) is 17.6 Å².